The lowest BCUT2D eigenvalue weighted by atomic mass is 9.96. The maximum atomic E-state index is 13.4. The summed E-state index contributed by atoms with van der Waals surface area (Å²) in [6, 6.07) is 12.1. The number of hydrogen-bond acceptors (Lipinski definition) is 4. The highest BCUT2D eigenvalue weighted by atomic mass is 16.2. The average Bonchev–Trinajstić information content (AvgIpc) is 3.42. The molecule has 31 heavy (non-hydrogen) atoms. The zero-order chi connectivity index (χ0) is 21.1. The van der Waals surface area contributed by atoms with E-state index in [0.717, 1.165) is 34.4 Å². The van der Waals surface area contributed by atoms with Gasteiger partial charge in [0, 0.05) is 42.5 Å². The maximum Gasteiger partial charge on any atom is 0.254 e. The first-order chi connectivity index (χ1) is 15.1. The van der Waals surface area contributed by atoms with E-state index in [-0.39, 0.29) is 11.9 Å². The second-order valence-electron chi connectivity index (χ2n) is 8.56. The quantitative estimate of drug-likeness (QED) is 0.511. The zero-order valence-corrected chi connectivity index (χ0v) is 17.7. The van der Waals surface area contributed by atoms with Crippen LogP contribution in [0.1, 0.15) is 53.5 Å². The highest BCUT2D eigenvalue weighted by Crippen LogP contribution is 2.41. The van der Waals surface area contributed by atoms with Crippen LogP contribution in [-0.4, -0.2) is 41.9 Å². The molecule has 0 N–H and O–H groups in total. The van der Waals surface area contributed by atoms with Crippen LogP contribution in [-0.2, 0) is 13.5 Å². The van der Waals surface area contributed by atoms with Gasteiger partial charge in [-0.05, 0) is 56.5 Å². The second-order valence-corrected chi connectivity index (χ2v) is 8.56. The second kappa shape index (κ2) is 6.77. The normalized spacial score (nSPS) is 18.4. The van der Waals surface area contributed by atoms with Gasteiger partial charge in [0.25, 0.3) is 5.91 Å². The minimum Gasteiger partial charge on any atom is -0.330 e. The Balaban J connectivity index is 1.35. The predicted molar refractivity (Wildman–Crippen MR) is 118 cm³/mol. The molecule has 3 aromatic heterocycles. The smallest absolute Gasteiger partial charge is 0.254 e. The van der Waals surface area contributed by atoms with Crippen LogP contribution in [0.25, 0.3) is 22.3 Å². The van der Waals surface area contributed by atoms with Crippen molar-refractivity contribution < 1.29 is 4.79 Å². The number of pyridine rings is 1. The Morgan fingerprint density at radius 2 is 2.00 bits per heavy atom. The lowest BCUT2D eigenvalue weighted by Crippen LogP contribution is -2.38. The maximum absolute atomic E-state index is 13.4. The molecule has 1 fully saturated rings. The molecule has 7 nitrogen and oxygen atoms in total. The number of carbonyl (C=O) groups is 1. The van der Waals surface area contributed by atoms with Gasteiger partial charge in [-0.1, -0.05) is 6.07 Å². The van der Waals surface area contributed by atoms with Crippen molar-refractivity contribution in [1.82, 2.24) is 29.4 Å². The number of amides is 1. The van der Waals surface area contributed by atoms with Crippen molar-refractivity contribution in [3.63, 3.8) is 0 Å². The van der Waals surface area contributed by atoms with E-state index >= 15 is 0 Å². The molecule has 1 atom stereocenters. The molecule has 0 radical (unpaired) electrons. The largest absolute Gasteiger partial charge is 0.330 e. The molecular formula is C24H24N6O. The minimum atomic E-state index is -0.0851. The number of rotatable bonds is 3. The number of fused-ring (bicyclic) bond motifs is 2. The SMILES string of the molecule is CC1c2nn(C)c(-c3ccnn3C3CC3)c2CCN1C(=O)c1ccc2ncccc2c1. The van der Waals surface area contributed by atoms with Crippen LogP contribution in [0.4, 0.5) is 0 Å². The summed E-state index contributed by atoms with van der Waals surface area (Å²) in [6.07, 6.45) is 6.82. The lowest BCUT2D eigenvalue weighted by Gasteiger charge is -2.33. The van der Waals surface area contributed by atoms with Crippen molar-refractivity contribution in [2.45, 2.75) is 38.3 Å². The molecule has 2 aliphatic rings. The fourth-order valence-corrected chi connectivity index (χ4v) is 4.83. The van der Waals surface area contributed by atoms with E-state index in [2.05, 4.69) is 27.8 Å². The van der Waals surface area contributed by atoms with Gasteiger partial charge in [-0.3, -0.25) is 19.1 Å². The molecule has 1 aromatic carbocycles. The molecule has 4 aromatic rings. The average molecular weight is 412 g/mol. The molecule has 6 rings (SSSR count). The molecule has 156 valence electrons. The van der Waals surface area contributed by atoms with Crippen LogP contribution in [0.3, 0.4) is 0 Å². The van der Waals surface area contributed by atoms with Gasteiger partial charge in [0.05, 0.1) is 34.7 Å². The summed E-state index contributed by atoms with van der Waals surface area (Å²) in [5.74, 6) is 0.0409. The van der Waals surface area contributed by atoms with Gasteiger partial charge in [-0.15, -0.1) is 0 Å². The van der Waals surface area contributed by atoms with Gasteiger partial charge in [0.1, 0.15) is 0 Å². The third-order valence-electron chi connectivity index (χ3n) is 6.56. The van der Waals surface area contributed by atoms with E-state index in [9.17, 15) is 4.79 Å². The van der Waals surface area contributed by atoms with Crippen molar-refractivity contribution in [3.8, 4) is 11.4 Å². The summed E-state index contributed by atoms with van der Waals surface area (Å²) in [7, 11) is 1.99. The molecule has 7 heteroatoms. The van der Waals surface area contributed by atoms with E-state index in [4.69, 9.17) is 5.10 Å². The third kappa shape index (κ3) is 2.87. The van der Waals surface area contributed by atoms with Gasteiger partial charge in [-0.25, -0.2) is 0 Å². The molecule has 1 aliphatic heterocycles. The van der Waals surface area contributed by atoms with Crippen LogP contribution in [0.15, 0.2) is 48.8 Å². The van der Waals surface area contributed by atoms with E-state index in [1.807, 2.05) is 53.2 Å². The Hall–Kier alpha value is -3.48. The van der Waals surface area contributed by atoms with E-state index in [1.165, 1.54) is 18.4 Å². The summed E-state index contributed by atoms with van der Waals surface area (Å²) in [4.78, 5) is 19.7. The summed E-state index contributed by atoms with van der Waals surface area (Å²) >= 11 is 0. The van der Waals surface area contributed by atoms with Gasteiger partial charge in [-0.2, -0.15) is 10.2 Å². The highest BCUT2D eigenvalue weighted by Gasteiger charge is 2.35. The number of nitrogens with zero attached hydrogens (tertiary/aromatic N) is 6. The van der Waals surface area contributed by atoms with E-state index in [0.29, 0.717) is 18.2 Å². The Morgan fingerprint density at radius 1 is 1.13 bits per heavy atom. The molecular weight excluding hydrogens is 388 g/mol. The van der Waals surface area contributed by atoms with Crippen molar-refractivity contribution >= 4 is 16.8 Å². The number of carbonyl (C=O) groups excluding carboxylic acids is 1. The molecule has 4 heterocycles. The van der Waals surface area contributed by atoms with Crippen LogP contribution in [0, 0.1) is 0 Å². The van der Waals surface area contributed by atoms with Crippen molar-refractivity contribution in [2.24, 2.45) is 7.05 Å². The first-order valence-corrected chi connectivity index (χ1v) is 10.9. The molecule has 0 bridgehead atoms. The van der Waals surface area contributed by atoms with E-state index < -0.39 is 0 Å². The van der Waals surface area contributed by atoms with Crippen LogP contribution >= 0.6 is 0 Å². The van der Waals surface area contributed by atoms with Gasteiger partial charge in [0.2, 0.25) is 0 Å². The first kappa shape index (κ1) is 18.3. The number of benzene rings is 1. The predicted octanol–water partition coefficient (Wildman–Crippen LogP) is 3.93. The third-order valence-corrected chi connectivity index (χ3v) is 6.56. The monoisotopic (exact) mass is 412 g/mol. The molecule has 1 amide bonds. The molecule has 1 unspecified atom stereocenters. The van der Waals surface area contributed by atoms with Crippen LogP contribution in [0.5, 0.6) is 0 Å². The molecule has 1 saturated carbocycles. The van der Waals surface area contributed by atoms with E-state index in [1.54, 1.807) is 6.20 Å². The topological polar surface area (TPSA) is 68.8 Å². The zero-order valence-electron chi connectivity index (χ0n) is 17.7. The molecule has 1 aliphatic carbocycles. The lowest BCUT2D eigenvalue weighted by molar-refractivity contribution is 0.0674. The summed E-state index contributed by atoms with van der Waals surface area (Å²) in [5.41, 5.74) is 6.09. The molecule has 0 saturated heterocycles. The number of hydrogen-bond donors (Lipinski definition) is 0. The number of aromatic nitrogens is 5. The van der Waals surface area contributed by atoms with Gasteiger partial charge >= 0.3 is 0 Å². The fraction of sp³-hybridized carbons (Fsp3) is 0.333. The Labute approximate surface area is 180 Å². The highest BCUT2D eigenvalue weighted by molar-refractivity contribution is 5.98. The van der Waals surface area contributed by atoms with Gasteiger partial charge < -0.3 is 4.90 Å². The Kier molecular flexibility index (Phi) is 4.00. The summed E-state index contributed by atoms with van der Waals surface area (Å²) < 4.78 is 4.11. The van der Waals surface area contributed by atoms with Crippen LogP contribution in [0.2, 0.25) is 0 Å². The van der Waals surface area contributed by atoms with Crippen molar-refractivity contribution in [2.75, 3.05) is 6.54 Å². The van der Waals surface area contributed by atoms with Crippen molar-refractivity contribution in [3.05, 3.63) is 65.6 Å². The first-order valence-electron chi connectivity index (χ1n) is 10.9. The summed E-state index contributed by atoms with van der Waals surface area (Å²) in [5, 5.41) is 10.4. The fourth-order valence-electron chi connectivity index (χ4n) is 4.83. The van der Waals surface area contributed by atoms with Crippen LogP contribution < -0.4 is 0 Å². The molecule has 0 spiro atoms. The minimum absolute atomic E-state index is 0.0409. The summed E-state index contributed by atoms with van der Waals surface area (Å²) in [6.45, 7) is 2.75. The van der Waals surface area contributed by atoms with Gasteiger partial charge in [0.15, 0.2) is 0 Å². The number of aryl methyl sites for hydroxylation is 1. The van der Waals surface area contributed by atoms with Crippen molar-refractivity contribution in [1.29, 1.82) is 0 Å². The Bertz CT molecular complexity index is 1310. The Morgan fingerprint density at radius 3 is 2.84 bits per heavy atom. The standard InChI is InChI=1S/C24H24N6O/c1-15-22-19(23(28(2)27-22)21-9-12-26-30(21)18-6-7-18)10-13-29(15)24(31)17-5-8-20-16(14-17)4-3-11-25-20/h3-5,8-9,11-12,14-15,18H,6-7,10,13H2,1-2H3.